The maximum Gasteiger partial charge on any atom is 0.139 e. The van der Waals surface area contributed by atoms with Gasteiger partial charge in [0.2, 0.25) is 0 Å². The number of aryl methyl sites for hydroxylation is 2. The molecule has 0 fully saturated rings. The van der Waals surface area contributed by atoms with Gasteiger partial charge in [0.15, 0.2) is 0 Å². The summed E-state index contributed by atoms with van der Waals surface area (Å²) in [5.74, 6) is 0.873. The zero-order valence-corrected chi connectivity index (χ0v) is 14.9. The van der Waals surface area contributed by atoms with E-state index in [0.717, 1.165) is 21.6 Å². The molecule has 0 aliphatic rings. The summed E-state index contributed by atoms with van der Waals surface area (Å²) in [6, 6.07) is 14.5. The van der Waals surface area contributed by atoms with Gasteiger partial charge in [0.25, 0.3) is 0 Å². The molecule has 4 nitrogen and oxygen atoms in total. The lowest BCUT2D eigenvalue weighted by Crippen LogP contribution is -2.13. The molecule has 3 heterocycles. The molecule has 3 aromatic heterocycles. The zero-order valence-electron chi connectivity index (χ0n) is 14.1. The first-order valence-electron chi connectivity index (χ1n) is 8.16. The van der Waals surface area contributed by atoms with Crippen LogP contribution in [0.2, 0.25) is 0 Å². The summed E-state index contributed by atoms with van der Waals surface area (Å²) in [6.45, 7) is 4.26. The number of hydrogen-bond acceptors (Lipinski definition) is 5. The van der Waals surface area contributed by atoms with Crippen molar-refractivity contribution in [2.45, 2.75) is 19.9 Å². The Morgan fingerprint density at radius 3 is 2.40 bits per heavy atom. The molecule has 1 atom stereocenters. The monoisotopic (exact) mass is 346 g/mol. The molecule has 0 saturated heterocycles. The maximum atomic E-state index is 4.54. The van der Waals surface area contributed by atoms with Gasteiger partial charge in [0.1, 0.15) is 17.0 Å². The zero-order chi connectivity index (χ0) is 17.2. The number of hydrogen-bond donors (Lipinski definition) is 1. The second-order valence-electron chi connectivity index (χ2n) is 5.95. The Hall–Kier alpha value is -2.79. The second kappa shape index (κ2) is 6.61. The fraction of sp³-hybridized carbons (Fsp3) is 0.150. The van der Waals surface area contributed by atoms with E-state index in [4.69, 9.17) is 0 Å². The number of benzene rings is 1. The van der Waals surface area contributed by atoms with E-state index < -0.39 is 0 Å². The van der Waals surface area contributed by atoms with Crippen molar-refractivity contribution in [1.82, 2.24) is 15.0 Å². The van der Waals surface area contributed by atoms with Crippen molar-refractivity contribution in [3.63, 3.8) is 0 Å². The Kier molecular flexibility index (Phi) is 4.15. The summed E-state index contributed by atoms with van der Waals surface area (Å²) in [7, 11) is 0. The van der Waals surface area contributed by atoms with Crippen molar-refractivity contribution in [2.24, 2.45) is 0 Å². The highest BCUT2D eigenvalue weighted by atomic mass is 32.1. The molecule has 0 aliphatic heterocycles. The molecule has 124 valence electrons. The third-order valence-electron chi connectivity index (χ3n) is 4.42. The van der Waals surface area contributed by atoms with Gasteiger partial charge < -0.3 is 5.32 Å². The van der Waals surface area contributed by atoms with Crippen molar-refractivity contribution in [3.8, 4) is 0 Å². The third kappa shape index (κ3) is 2.98. The largest absolute Gasteiger partial charge is 0.358 e. The lowest BCUT2D eigenvalue weighted by molar-refractivity contribution is 0.923. The average Bonchev–Trinajstić information content (AvgIpc) is 2.96. The molecule has 0 radical (unpaired) electrons. The van der Waals surface area contributed by atoms with Crippen molar-refractivity contribution in [1.29, 1.82) is 0 Å². The Labute approximate surface area is 150 Å². The van der Waals surface area contributed by atoms with E-state index in [9.17, 15) is 0 Å². The van der Waals surface area contributed by atoms with Crippen LogP contribution in [0.15, 0.2) is 61.2 Å². The molecule has 0 unspecified atom stereocenters. The van der Waals surface area contributed by atoms with Gasteiger partial charge in [0.05, 0.1) is 11.4 Å². The van der Waals surface area contributed by atoms with Crippen LogP contribution in [-0.2, 0) is 0 Å². The fourth-order valence-corrected chi connectivity index (χ4v) is 3.99. The third-order valence-corrected chi connectivity index (χ3v) is 5.53. The van der Waals surface area contributed by atoms with Gasteiger partial charge >= 0.3 is 0 Å². The number of nitrogens with zero attached hydrogens (tertiary/aromatic N) is 3. The molecule has 4 aromatic rings. The normalized spacial score (nSPS) is 12.2. The summed E-state index contributed by atoms with van der Waals surface area (Å²) in [5, 5.41) is 4.75. The molecule has 25 heavy (non-hydrogen) atoms. The van der Waals surface area contributed by atoms with Crippen LogP contribution >= 0.6 is 11.3 Å². The van der Waals surface area contributed by atoms with Crippen LogP contribution in [0.4, 0.5) is 5.82 Å². The molecule has 0 amide bonds. The van der Waals surface area contributed by atoms with Gasteiger partial charge in [-0.25, -0.2) is 9.97 Å². The topological polar surface area (TPSA) is 50.7 Å². The number of fused-ring (bicyclic) bond motifs is 1. The summed E-state index contributed by atoms with van der Waals surface area (Å²) in [4.78, 5) is 15.4. The first-order valence-corrected chi connectivity index (χ1v) is 8.98. The Bertz CT molecular complexity index is 957. The van der Waals surface area contributed by atoms with Gasteiger partial charge in [-0.1, -0.05) is 30.3 Å². The summed E-state index contributed by atoms with van der Waals surface area (Å²) < 4.78 is 0. The highest BCUT2D eigenvalue weighted by Gasteiger charge is 2.18. The van der Waals surface area contributed by atoms with E-state index in [1.54, 1.807) is 17.7 Å². The Morgan fingerprint density at radius 2 is 1.64 bits per heavy atom. The predicted octanol–water partition coefficient (Wildman–Crippen LogP) is 4.90. The van der Waals surface area contributed by atoms with Crippen molar-refractivity contribution >= 4 is 27.4 Å². The number of anilines is 1. The molecule has 5 heteroatoms. The van der Waals surface area contributed by atoms with Crippen LogP contribution < -0.4 is 5.32 Å². The first kappa shape index (κ1) is 15.7. The quantitative estimate of drug-likeness (QED) is 0.571. The van der Waals surface area contributed by atoms with E-state index in [2.05, 4.69) is 58.4 Å². The SMILES string of the molecule is Cc1sc2ncnc(N[C@@H](c3ccccc3)c3ccncc3)c2c1C. The van der Waals surface area contributed by atoms with Crippen molar-refractivity contribution in [3.05, 3.63) is 82.8 Å². The number of aromatic nitrogens is 3. The summed E-state index contributed by atoms with van der Waals surface area (Å²) in [5.41, 5.74) is 3.58. The van der Waals surface area contributed by atoms with E-state index in [0.29, 0.717) is 0 Å². The smallest absolute Gasteiger partial charge is 0.139 e. The summed E-state index contributed by atoms with van der Waals surface area (Å²) >= 11 is 1.71. The first-order chi connectivity index (χ1) is 12.2. The molecule has 0 aliphatic carbocycles. The van der Waals surface area contributed by atoms with Crippen LogP contribution in [0.1, 0.15) is 27.6 Å². The Morgan fingerprint density at radius 1 is 0.920 bits per heavy atom. The highest BCUT2D eigenvalue weighted by Crippen LogP contribution is 2.35. The molecule has 0 saturated carbocycles. The van der Waals surface area contributed by atoms with Gasteiger partial charge in [-0.3, -0.25) is 4.98 Å². The van der Waals surface area contributed by atoms with E-state index in [-0.39, 0.29) is 6.04 Å². The van der Waals surface area contributed by atoms with Crippen LogP contribution in [0.3, 0.4) is 0 Å². The fourth-order valence-electron chi connectivity index (χ4n) is 2.99. The molecule has 0 bridgehead atoms. The minimum absolute atomic E-state index is 0.00176. The van der Waals surface area contributed by atoms with E-state index in [1.807, 2.05) is 30.6 Å². The predicted molar refractivity (Wildman–Crippen MR) is 103 cm³/mol. The minimum atomic E-state index is 0.00176. The van der Waals surface area contributed by atoms with Gasteiger partial charge in [-0.2, -0.15) is 0 Å². The van der Waals surface area contributed by atoms with Crippen LogP contribution in [0, 0.1) is 13.8 Å². The van der Waals surface area contributed by atoms with Crippen molar-refractivity contribution in [2.75, 3.05) is 5.32 Å². The van der Waals surface area contributed by atoms with Crippen LogP contribution in [0.5, 0.6) is 0 Å². The van der Waals surface area contributed by atoms with Crippen LogP contribution in [0.25, 0.3) is 10.2 Å². The lowest BCUT2D eigenvalue weighted by Gasteiger charge is -2.21. The van der Waals surface area contributed by atoms with Gasteiger partial charge in [-0.15, -0.1) is 11.3 Å². The van der Waals surface area contributed by atoms with Crippen LogP contribution in [-0.4, -0.2) is 15.0 Å². The molecular formula is C20H18N4S. The molecule has 1 N–H and O–H groups in total. The van der Waals surface area contributed by atoms with E-state index >= 15 is 0 Å². The second-order valence-corrected chi connectivity index (χ2v) is 7.16. The number of nitrogens with one attached hydrogen (secondary N) is 1. The lowest BCUT2D eigenvalue weighted by atomic mass is 9.99. The molecule has 0 spiro atoms. The summed E-state index contributed by atoms with van der Waals surface area (Å²) in [6.07, 6.45) is 5.28. The van der Waals surface area contributed by atoms with Gasteiger partial charge in [-0.05, 0) is 42.7 Å². The minimum Gasteiger partial charge on any atom is -0.358 e. The van der Waals surface area contributed by atoms with E-state index in [1.165, 1.54) is 16.0 Å². The highest BCUT2D eigenvalue weighted by molar-refractivity contribution is 7.18. The molecule has 4 rings (SSSR count). The number of thiophene rings is 1. The number of rotatable bonds is 4. The standard InChI is InChI=1S/C20H18N4S/c1-13-14(2)25-20-17(13)19(22-12-23-20)24-18(15-6-4-3-5-7-15)16-8-10-21-11-9-16/h3-12,18H,1-2H3,(H,22,23,24)/t18-/m0/s1. The van der Waals surface area contributed by atoms with Gasteiger partial charge in [0, 0.05) is 17.3 Å². The van der Waals surface area contributed by atoms with Crippen molar-refractivity contribution < 1.29 is 0 Å². The molecule has 1 aromatic carbocycles. The molecular weight excluding hydrogens is 328 g/mol. The maximum absolute atomic E-state index is 4.54. The average molecular weight is 346 g/mol. The Balaban J connectivity index is 1.83. The number of pyridine rings is 1.